The zero-order chi connectivity index (χ0) is 19.3. The molecule has 148 valence electrons. The predicted molar refractivity (Wildman–Crippen MR) is 105 cm³/mol. The number of morpholine rings is 1. The number of carbonyl (C=O) groups excluding carboxylic acids is 2. The van der Waals surface area contributed by atoms with Crippen LogP contribution in [0.15, 0.2) is 24.3 Å². The maximum Gasteiger partial charge on any atom is 0.254 e. The number of amides is 2. The Hall–Kier alpha value is -2.38. The highest BCUT2D eigenvalue weighted by Gasteiger charge is 2.53. The average Bonchev–Trinajstić information content (AvgIpc) is 3.11. The zero-order valence-corrected chi connectivity index (χ0v) is 16.2. The van der Waals surface area contributed by atoms with Gasteiger partial charge in [-0.25, -0.2) is 0 Å². The number of para-hydroxylation sites is 1. The van der Waals surface area contributed by atoms with Crippen LogP contribution in [-0.2, 0) is 26.3 Å². The number of piperazine rings is 1. The molecule has 0 saturated carbocycles. The van der Waals surface area contributed by atoms with Gasteiger partial charge >= 0.3 is 0 Å². The largest absolute Gasteiger partial charge is 0.379 e. The molecule has 0 aliphatic carbocycles. The van der Waals surface area contributed by atoms with E-state index < -0.39 is 5.54 Å². The molecule has 0 unspecified atom stereocenters. The fourth-order valence-electron chi connectivity index (χ4n) is 4.95. The van der Waals surface area contributed by atoms with Crippen molar-refractivity contribution >= 4 is 22.7 Å². The van der Waals surface area contributed by atoms with Crippen LogP contribution in [0.1, 0.15) is 18.2 Å². The van der Waals surface area contributed by atoms with Crippen molar-refractivity contribution in [1.82, 2.24) is 19.7 Å². The van der Waals surface area contributed by atoms with Gasteiger partial charge in [-0.2, -0.15) is 0 Å². The molecule has 4 heterocycles. The summed E-state index contributed by atoms with van der Waals surface area (Å²) in [7, 11) is 0. The number of ether oxygens (including phenoxy) is 1. The molecule has 7 nitrogen and oxygen atoms in total. The van der Waals surface area contributed by atoms with Crippen LogP contribution in [0, 0.1) is 0 Å². The SMILES string of the molecule is C[C@@]12C(=O)N(CCN3CCOCC3)CC(=O)N1CCc1c2[nH]c2ccccc12. The van der Waals surface area contributed by atoms with E-state index in [9.17, 15) is 9.59 Å². The Morgan fingerprint density at radius 1 is 1.11 bits per heavy atom. The quantitative estimate of drug-likeness (QED) is 0.858. The van der Waals surface area contributed by atoms with Gasteiger partial charge in [-0.1, -0.05) is 18.2 Å². The van der Waals surface area contributed by atoms with E-state index in [1.165, 1.54) is 5.56 Å². The fourth-order valence-corrected chi connectivity index (χ4v) is 4.95. The van der Waals surface area contributed by atoms with Crippen molar-refractivity contribution in [3.8, 4) is 0 Å². The van der Waals surface area contributed by atoms with E-state index in [4.69, 9.17) is 4.74 Å². The van der Waals surface area contributed by atoms with E-state index in [1.807, 2.05) is 25.1 Å². The normalized spacial score (nSPS) is 25.9. The third-order valence-electron chi connectivity index (χ3n) is 6.55. The first-order chi connectivity index (χ1) is 13.6. The van der Waals surface area contributed by atoms with Gasteiger partial charge in [-0.15, -0.1) is 0 Å². The number of rotatable bonds is 3. The Labute approximate surface area is 164 Å². The van der Waals surface area contributed by atoms with Crippen LogP contribution in [0.5, 0.6) is 0 Å². The summed E-state index contributed by atoms with van der Waals surface area (Å²) in [6.07, 6.45) is 0.779. The number of hydrogen-bond acceptors (Lipinski definition) is 4. The van der Waals surface area contributed by atoms with Crippen molar-refractivity contribution in [2.45, 2.75) is 18.9 Å². The first kappa shape index (κ1) is 17.7. The van der Waals surface area contributed by atoms with Crippen molar-refractivity contribution in [3.05, 3.63) is 35.5 Å². The standard InChI is InChI=1S/C21H26N4O3/c1-21-19-16(15-4-2-3-5-17(15)22-19)6-7-25(21)18(26)14-24(20(21)27)9-8-23-10-12-28-13-11-23/h2-5,22H,6-14H2,1H3/t21-/m1/s1. The molecule has 2 amide bonds. The Morgan fingerprint density at radius 3 is 2.71 bits per heavy atom. The lowest BCUT2D eigenvalue weighted by atomic mass is 9.83. The molecule has 5 rings (SSSR count). The molecule has 3 aliphatic rings. The zero-order valence-electron chi connectivity index (χ0n) is 16.2. The second-order valence-electron chi connectivity index (χ2n) is 8.07. The van der Waals surface area contributed by atoms with Crippen LogP contribution >= 0.6 is 0 Å². The van der Waals surface area contributed by atoms with Crippen molar-refractivity contribution in [1.29, 1.82) is 0 Å². The Balaban J connectivity index is 1.47. The van der Waals surface area contributed by atoms with E-state index in [-0.39, 0.29) is 18.4 Å². The lowest BCUT2D eigenvalue weighted by Gasteiger charge is -2.49. The van der Waals surface area contributed by atoms with Gasteiger partial charge in [0, 0.05) is 43.6 Å². The molecule has 7 heteroatoms. The van der Waals surface area contributed by atoms with E-state index in [2.05, 4.69) is 16.0 Å². The van der Waals surface area contributed by atoms with Crippen LogP contribution in [-0.4, -0.2) is 84.0 Å². The first-order valence-electron chi connectivity index (χ1n) is 10.1. The molecule has 1 atom stereocenters. The van der Waals surface area contributed by atoms with Crippen LogP contribution in [0.4, 0.5) is 0 Å². The number of nitrogens with one attached hydrogen (secondary N) is 1. The summed E-state index contributed by atoms with van der Waals surface area (Å²) in [5.41, 5.74) is 2.13. The van der Waals surface area contributed by atoms with E-state index in [1.54, 1.807) is 9.80 Å². The van der Waals surface area contributed by atoms with E-state index in [0.717, 1.165) is 55.9 Å². The Bertz CT molecular complexity index is 933. The number of hydrogen-bond donors (Lipinski definition) is 1. The third-order valence-corrected chi connectivity index (χ3v) is 6.55. The number of fused-ring (bicyclic) bond motifs is 5. The number of carbonyl (C=O) groups is 2. The topological polar surface area (TPSA) is 68.9 Å². The second kappa shape index (κ2) is 6.60. The highest BCUT2D eigenvalue weighted by molar-refractivity contribution is 6.00. The smallest absolute Gasteiger partial charge is 0.254 e. The number of benzene rings is 1. The molecule has 1 N–H and O–H groups in total. The average molecular weight is 382 g/mol. The lowest BCUT2D eigenvalue weighted by Crippen LogP contribution is -2.67. The number of aromatic amines is 1. The maximum atomic E-state index is 13.6. The van der Waals surface area contributed by atoms with Gasteiger partial charge in [0.1, 0.15) is 0 Å². The van der Waals surface area contributed by atoms with E-state index in [0.29, 0.717) is 13.1 Å². The molecule has 0 spiro atoms. The van der Waals surface area contributed by atoms with Crippen molar-refractivity contribution < 1.29 is 14.3 Å². The summed E-state index contributed by atoms with van der Waals surface area (Å²) >= 11 is 0. The number of H-pyrrole nitrogens is 1. The molecular formula is C21H26N4O3. The van der Waals surface area contributed by atoms with Crippen molar-refractivity contribution in [3.63, 3.8) is 0 Å². The van der Waals surface area contributed by atoms with Crippen LogP contribution in [0.2, 0.25) is 0 Å². The second-order valence-corrected chi connectivity index (χ2v) is 8.07. The van der Waals surface area contributed by atoms with Gasteiger partial charge in [0.15, 0.2) is 5.54 Å². The summed E-state index contributed by atoms with van der Waals surface area (Å²) in [4.78, 5) is 35.8. The van der Waals surface area contributed by atoms with Crippen LogP contribution in [0.3, 0.4) is 0 Å². The summed E-state index contributed by atoms with van der Waals surface area (Å²) in [5.74, 6) is 0.0567. The van der Waals surface area contributed by atoms with Gasteiger partial charge in [-0.05, 0) is 25.0 Å². The highest BCUT2D eigenvalue weighted by atomic mass is 16.5. The summed E-state index contributed by atoms with van der Waals surface area (Å²) in [6, 6.07) is 8.14. The predicted octanol–water partition coefficient (Wildman–Crippen LogP) is 0.942. The maximum absolute atomic E-state index is 13.6. The first-order valence-corrected chi connectivity index (χ1v) is 10.1. The minimum atomic E-state index is -0.951. The minimum absolute atomic E-state index is 0.0212. The fraction of sp³-hybridized carbons (Fsp3) is 0.524. The van der Waals surface area contributed by atoms with Crippen LogP contribution < -0.4 is 0 Å². The van der Waals surface area contributed by atoms with E-state index >= 15 is 0 Å². The number of aromatic nitrogens is 1. The van der Waals surface area contributed by atoms with Crippen molar-refractivity contribution in [2.75, 3.05) is 52.5 Å². The lowest BCUT2D eigenvalue weighted by molar-refractivity contribution is -0.166. The molecule has 3 aliphatic heterocycles. The van der Waals surface area contributed by atoms with Gasteiger partial charge in [0.2, 0.25) is 5.91 Å². The van der Waals surface area contributed by atoms with Crippen LogP contribution in [0.25, 0.3) is 10.9 Å². The van der Waals surface area contributed by atoms with Gasteiger partial charge in [-0.3, -0.25) is 14.5 Å². The molecule has 1 aromatic heterocycles. The minimum Gasteiger partial charge on any atom is -0.379 e. The molecule has 0 bridgehead atoms. The molecule has 1 aromatic carbocycles. The molecule has 2 fully saturated rings. The molecule has 2 aromatic rings. The van der Waals surface area contributed by atoms with Crippen molar-refractivity contribution in [2.24, 2.45) is 0 Å². The van der Waals surface area contributed by atoms with Gasteiger partial charge < -0.3 is 19.5 Å². The summed E-state index contributed by atoms with van der Waals surface area (Å²) in [5, 5.41) is 1.16. The Morgan fingerprint density at radius 2 is 1.89 bits per heavy atom. The Kier molecular flexibility index (Phi) is 4.17. The number of nitrogens with zero attached hydrogens (tertiary/aromatic N) is 3. The van der Waals surface area contributed by atoms with Gasteiger partial charge in [0.05, 0.1) is 25.5 Å². The third kappa shape index (κ3) is 2.57. The monoisotopic (exact) mass is 382 g/mol. The highest BCUT2D eigenvalue weighted by Crippen LogP contribution is 2.41. The summed E-state index contributed by atoms with van der Waals surface area (Å²) in [6.45, 7) is 7.25. The summed E-state index contributed by atoms with van der Waals surface area (Å²) < 4.78 is 5.40. The molecule has 28 heavy (non-hydrogen) atoms. The van der Waals surface area contributed by atoms with Gasteiger partial charge in [0.25, 0.3) is 5.91 Å². The molecular weight excluding hydrogens is 356 g/mol. The molecule has 0 radical (unpaired) electrons. The molecule has 2 saturated heterocycles.